The quantitative estimate of drug-likeness (QED) is 0.814. The van der Waals surface area contributed by atoms with E-state index in [0.717, 1.165) is 45.4 Å². The van der Waals surface area contributed by atoms with Gasteiger partial charge in [-0.3, -0.25) is 4.79 Å². The largest absolute Gasteiger partial charge is 0.342 e. The minimum atomic E-state index is -3.69. The fourth-order valence-corrected chi connectivity index (χ4v) is 5.56. The topological polar surface area (TPSA) is 82.1 Å². The SMILES string of the molecule is O=C(CCCN1CCCC1)N1CCCC(C2=NS(=O)(=O)c3ccccc3N2)C1. The van der Waals surface area contributed by atoms with Crippen LogP contribution in [0.4, 0.5) is 5.69 Å². The predicted octanol–water partition coefficient (Wildman–Crippen LogP) is 2.31. The molecule has 1 aromatic carbocycles. The Balaban J connectivity index is 1.37. The molecule has 0 spiro atoms. The van der Waals surface area contributed by atoms with E-state index in [1.807, 2.05) is 4.90 Å². The maximum Gasteiger partial charge on any atom is 0.286 e. The van der Waals surface area contributed by atoms with Crippen molar-refractivity contribution in [1.82, 2.24) is 9.80 Å². The van der Waals surface area contributed by atoms with Crippen molar-refractivity contribution in [3.05, 3.63) is 24.3 Å². The van der Waals surface area contributed by atoms with Crippen LogP contribution >= 0.6 is 0 Å². The number of carbonyl (C=O) groups is 1. The van der Waals surface area contributed by atoms with Crippen LogP contribution in [0.15, 0.2) is 33.6 Å². The van der Waals surface area contributed by atoms with Crippen molar-refractivity contribution < 1.29 is 13.2 Å². The second-order valence-electron chi connectivity index (χ2n) is 7.90. The summed E-state index contributed by atoms with van der Waals surface area (Å²) in [7, 11) is -3.69. The van der Waals surface area contributed by atoms with Gasteiger partial charge < -0.3 is 15.1 Å². The first-order chi connectivity index (χ1) is 13.5. The van der Waals surface area contributed by atoms with E-state index in [1.54, 1.807) is 24.3 Å². The van der Waals surface area contributed by atoms with E-state index in [-0.39, 0.29) is 16.7 Å². The number of rotatable bonds is 5. The summed E-state index contributed by atoms with van der Waals surface area (Å²) in [6.45, 7) is 4.58. The summed E-state index contributed by atoms with van der Waals surface area (Å²) in [5.41, 5.74) is 0.571. The van der Waals surface area contributed by atoms with Crippen LogP contribution in [0, 0.1) is 5.92 Å². The Morgan fingerprint density at radius 3 is 2.75 bits per heavy atom. The minimum absolute atomic E-state index is 0.0700. The number of nitrogens with one attached hydrogen (secondary N) is 1. The lowest BCUT2D eigenvalue weighted by atomic mass is 9.96. The highest BCUT2D eigenvalue weighted by Crippen LogP contribution is 2.30. The number of carbonyl (C=O) groups excluding carboxylic acids is 1. The lowest BCUT2D eigenvalue weighted by molar-refractivity contribution is -0.132. The van der Waals surface area contributed by atoms with Crippen LogP contribution in [0.1, 0.15) is 38.5 Å². The molecule has 0 saturated carbocycles. The molecule has 4 rings (SSSR count). The average molecular weight is 405 g/mol. The molecule has 1 aromatic rings. The normalized spacial score (nSPS) is 24.4. The lowest BCUT2D eigenvalue weighted by Gasteiger charge is -2.34. The maximum atomic E-state index is 12.7. The molecule has 0 bridgehead atoms. The molecule has 7 nitrogen and oxygen atoms in total. The van der Waals surface area contributed by atoms with Crippen LogP contribution in [0.5, 0.6) is 0 Å². The summed E-state index contributed by atoms with van der Waals surface area (Å²) < 4.78 is 29.0. The van der Waals surface area contributed by atoms with E-state index in [2.05, 4.69) is 14.6 Å². The van der Waals surface area contributed by atoms with Crippen molar-refractivity contribution in [3.8, 4) is 0 Å². The van der Waals surface area contributed by atoms with Gasteiger partial charge in [-0.2, -0.15) is 8.42 Å². The Morgan fingerprint density at radius 1 is 1.14 bits per heavy atom. The summed E-state index contributed by atoms with van der Waals surface area (Å²) in [4.78, 5) is 17.2. The van der Waals surface area contributed by atoms with E-state index in [4.69, 9.17) is 0 Å². The van der Waals surface area contributed by atoms with Gasteiger partial charge in [-0.05, 0) is 63.9 Å². The molecule has 28 heavy (non-hydrogen) atoms. The molecule has 3 heterocycles. The molecule has 0 aromatic heterocycles. The Hall–Kier alpha value is -1.93. The van der Waals surface area contributed by atoms with Crippen molar-refractivity contribution in [2.75, 3.05) is 38.0 Å². The van der Waals surface area contributed by atoms with E-state index in [9.17, 15) is 13.2 Å². The van der Waals surface area contributed by atoms with Gasteiger partial charge in [-0.1, -0.05) is 12.1 Å². The predicted molar refractivity (Wildman–Crippen MR) is 109 cm³/mol. The molecular weight excluding hydrogens is 376 g/mol. The maximum absolute atomic E-state index is 12.7. The van der Waals surface area contributed by atoms with E-state index < -0.39 is 10.0 Å². The van der Waals surface area contributed by atoms with Crippen molar-refractivity contribution in [2.24, 2.45) is 10.3 Å². The fraction of sp³-hybridized carbons (Fsp3) is 0.600. The molecule has 3 aliphatic heterocycles. The average Bonchev–Trinajstić information content (AvgIpc) is 3.21. The number of sulfonamides is 1. The fourth-order valence-electron chi connectivity index (χ4n) is 4.36. The standard InChI is InChI=1S/C20H28N4O3S/c25-19(10-6-13-23-11-3-4-12-23)24-14-5-7-16(15-24)20-21-17-8-1-2-9-18(17)28(26,27)22-20/h1-2,8-9,16H,3-7,10-15H2,(H,21,22). The van der Waals surface area contributed by atoms with Crippen LogP contribution in [0.2, 0.25) is 0 Å². The van der Waals surface area contributed by atoms with Gasteiger partial charge in [0.15, 0.2) is 0 Å². The first-order valence-electron chi connectivity index (χ1n) is 10.2. The number of fused-ring (bicyclic) bond motifs is 1. The van der Waals surface area contributed by atoms with Crippen LogP contribution in [0.3, 0.4) is 0 Å². The van der Waals surface area contributed by atoms with Gasteiger partial charge in [0.2, 0.25) is 5.91 Å². The summed E-state index contributed by atoms with van der Waals surface area (Å²) >= 11 is 0. The number of hydrogen-bond acceptors (Lipinski definition) is 5. The highest BCUT2D eigenvalue weighted by Gasteiger charge is 2.32. The highest BCUT2D eigenvalue weighted by molar-refractivity contribution is 7.90. The summed E-state index contributed by atoms with van der Waals surface area (Å²) in [6.07, 6.45) is 5.68. The number of anilines is 1. The highest BCUT2D eigenvalue weighted by atomic mass is 32.2. The summed E-state index contributed by atoms with van der Waals surface area (Å²) in [6, 6.07) is 6.82. The van der Waals surface area contributed by atoms with Crippen molar-refractivity contribution in [1.29, 1.82) is 0 Å². The van der Waals surface area contributed by atoms with Gasteiger partial charge in [0.25, 0.3) is 10.0 Å². The molecule has 0 aliphatic carbocycles. The number of amides is 1. The number of amidine groups is 1. The summed E-state index contributed by atoms with van der Waals surface area (Å²) in [5, 5.41) is 3.19. The molecule has 0 radical (unpaired) electrons. The van der Waals surface area contributed by atoms with Gasteiger partial charge in [-0.15, -0.1) is 4.40 Å². The van der Waals surface area contributed by atoms with Crippen LogP contribution in [0.25, 0.3) is 0 Å². The molecule has 1 N–H and O–H groups in total. The number of piperidine rings is 1. The van der Waals surface area contributed by atoms with Crippen LogP contribution in [-0.4, -0.2) is 62.7 Å². The molecule has 1 atom stereocenters. The van der Waals surface area contributed by atoms with Crippen molar-refractivity contribution >= 4 is 27.5 Å². The minimum Gasteiger partial charge on any atom is -0.342 e. The molecule has 152 valence electrons. The Bertz CT molecular complexity index is 862. The Morgan fingerprint density at radius 2 is 1.93 bits per heavy atom. The zero-order valence-electron chi connectivity index (χ0n) is 16.1. The lowest BCUT2D eigenvalue weighted by Crippen LogP contribution is -2.44. The molecule has 3 aliphatic rings. The van der Waals surface area contributed by atoms with E-state index in [0.29, 0.717) is 24.5 Å². The second kappa shape index (κ2) is 8.21. The molecule has 2 saturated heterocycles. The second-order valence-corrected chi connectivity index (χ2v) is 9.48. The third-order valence-electron chi connectivity index (χ3n) is 5.87. The molecule has 1 unspecified atom stereocenters. The zero-order valence-corrected chi connectivity index (χ0v) is 17.0. The van der Waals surface area contributed by atoms with Crippen molar-refractivity contribution in [3.63, 3.8) is 0 Å². The van der Waals surface area contributed by atoms with Gasteiger partial charge in [-0.25, -0.2) is 0 Å². The third-order valence-corrected chi connectivity index (χ3v) is 7.22. The van der Waals surface area contributed by atoms with Gasteiger partial charge in [0, 0.05) is 25.4 Å². The third kappa shape index (κ3) is 4.22. The Kier molecular flexibility index (Phi) is 5.68. The molecule has 1 amide bonds. The number of nitrogens with zero attached hydrogens (tertiary/aromatic N) is 3. The zero-order chi connectivity index (χ0) is 19.6. The summed E-state index contributed by atoms with van der Waals surface area (Å²) in [5.74, 6) is 0.566. The van der Waals surface area contributed by atoms with Gasteiger partial charge in [0.05, 0.1) is 5.69 Å². The van der Waals surface area contributed by atoms with E-state index >= 15 is 0 Å². The monoisotopic (exact) mass is 404 g/mol. The number of benzene rings is 1. The van der Waals surface area contributed by atoms with Crippen LogP contribution in [-0.2, 0) is 14.8 Å². The molecule has 8 heteroatoms. The van der Waals surface area contributed by atoms with Gasteiger partial charge >= 0.3 is 0 Å². The smallest absolute Gasteiger partial charge is 0.286 e. The van der Waals surface area contributed by atoms with Crippen molar-refractivity contribution in [2.45, 2.75) is 43.4 Å². The number of hydrogen-bond donors (Lipinski definition) is 1. The van der Waals surface area contributed by atoms with Gasteiger partial charge in [0.1, 0.15) is 10.7 Å². The molecular formula is C20H28N4O3S. The van der Waals surface area contributed by atoms with E-state index in [1.165, 1.54) is 12.8 Å². The first-order valence-corrected chi connectivity index (χ1v) is 11.7. The number of para-hydroxylation sites is 1. The first kappa shape index (κ1) is 19.4. The molecule has 2 fully saturated rings. The number of likely N-dealkylation sites (tertiary alicyclic amines) is 2. The Labute approximate surface area is 166 Å². The van der Waals surface area contributed by atoms with Crippen LogP contribution < -0.4 is 5.32 Å².